The van der Waals surface area contributed by atoms with Crippen LogP contribution >= 0.6 is 0 Å². The van der Waals surface area contributed by atoms with Crippen molar-refractivity contribution in [1.82, 2.24) is 19.8 Å². The second-order valence-electron chi connectivity index (χ2n) is 7.78. The number of hydrogen-bond donors (Lipinski definition) is 1. The van der Waals surface area contributed by atoms with E-state index in [1.165, 1.54) is 6.20 Å². The Morgan fingerprint density at radius 1 is 1.14 bits per heavy atom. The van der Waals surface area contributed by atoms with Crippen molar-refractivity contribution in [1.29, 1.82) is 0 Å². The van der Waals surface area contributed by atoms with Crippen LogP contribution in [-0.4, -0.2) is 82.5 Å². The molecule has 1 N–H and O–H groups in total. The molecule has 0 bridgehead atoms. The van der Waals surface area contributed by atoms with Gasteiger partial charge in [0.05, 0.1) is 11.5 Å². The molecule has 4 rings (SSSR count). The average Bonchev–Trinajstić information content (AvgIpc) is 3.38. The van der Waals surface area contributed by atoms with E-state index in [0.717, 1.165) is 64.8 Å². The number of amides is 1. The maximum absolute atomic E-state index is 12.4. The van der Waals surface area contributed by atoms with Crippen LogP contribution in [0.4, 0.5) is 17.5 Å². The minimum Gasteiger partial charge on any atom is -0.361 e. The van der Waals surface area contributed by atoms with E-state index in [1.807, 2.05) is 4.90 Å². The number of anilines is 2. The monoisotopic (exact) mass is 389 g/mol. The Hall–Kier alpha value is -2.49. The van der Waals surface area contributed by atoms with Crippen LogP contribution in [0.1, 0.15) is 32.1 Å². The van der Waals surface area contributed by atoms with Gasteiger partial charge in [-0.2, -0.15) is 4.98 Å². The average molecular weight is 389 g/mol. The summed E-state index contributed by atoms with van der Waals surface area (Å²) in [5.74, 6) is 1.04. The number of rotatable bonds is 6. The van der Waals surface area contributed by atoms with Gasteiger partial charge in [0.1, 0.15) is 6.20 Å². The normalized spacial score (nSPS) is 20.9. The van der Waals surface area contributed by atoms with E-state index in [0.29, 0.717) is 24.9 Å². The molecule has 10 heteroatoms. The summed E-state index contributed by atoms with van der Waals surface area (Å²) in [7, 11) is 0. The molecule has 1 aromatic rings. The van der Waals surface area contributed by atoms with Crippen LogP contribution < -0.4 is 10.2 Å². The van der Waals surface area contributed by atoms with E-state index in [9.17, 15) is 14.9 Å². The minimum atomic E-state index is -0.442. The van der Waals surface area contributed by atoms with Crippen LogP contribution in [0.25, 0.3) is 0 Å². The molecule has 3 fully saturated rings. The van der Waals surface area contributed by atoms with Gasteiger partial charge in [-0.15, -0.1) is 0 Å². The molecule has 3 heterocycles. The van der Waals surface area contributed by atoms with Gasteiger partial charge < -0.3 is 15.1 Å². The molecule has 2 saturated heterocycles. The highest BCUT2D eigenvalue weighted by Crippen LogP contribution is 2.30. The van der Waals surface area contributed by atoms with Crippen molar-refractivity contribution in [2.75, 3.05) is 56.0 Å². The largest absolute Gasteiger partial charge is 0.361 e. The first-order valence-electron chi connectivity index (χ1n) is 10.1. The van der Waals surface area contributed by atoms with E-state index in [-0.39, 0.29) is 17.6 Å². The smallest absolute Gasteiger partial charge is 0.329 e. The number of hydrogen-bond acceptors (Lipinski definition) is 8. The van der Waals surface area contributed by atoms with Crippen LogP contribution in [0, 0.1) is 10.1 Å². The van der Waals surface area contributed by atoms with Crippen molar-refractivity contribution in [2.45, 2.75) is 38.1 Å². The highest BCUT2D eigenvalue weighted by atomic mass is 16.6. The molecule has 1 amide bonds. The lowest BCUT2D eigenvalue weighted by Crippen LogP contribution is -2.40. The second kappa shape index (κ2) is 8.26. The molecule has 0 atom stereocenters. The number of carbonyl (C=O) groups is 1. The first-order valence-corrected chi connectivity index (χ1v) is 10.1. The maximum atomic E-state index is 12.4. The molecule has 152 valence electrons. The molecule has 0 spiro atoms. The summed E-state index contributed by atoms with van der Waals surface area (Å²) >= 11 is 0. The fourth-order valence-electron chi connectivity index (χ4n) is 3.77. The number of aromatic nitrogens is 2. The molecule has 0 aromatic carbocycles. The molecular formula is C18H27N7O3. The van der Waals surface area contributed by atoms with Gasteiger partial charge in [0.15, 0.2) is 0 Å². The fourth-order valence-corrected chi connectivity index (χ4v) is 3.77. The van der Waals surface area contributed by atoms with Gasteiger partial charge in [0, 0.05) is 45.3 Å². The standard InChI is InChI=1S/C18H27N7O3/c26-16(23-7-1-2-8-23)13-22-6-3-9-24(11-10-22)18-19-12-15(25(27)28)17(21-18)20-14-4-5-14/h12,14H,1-11,13H2,(H,19,20,21). The molecule has 2 aliphatic heterocycles. The van der Waals surface area contributed by atoms with E-state index in [2.05, 4.69) is 25.1 Å². The fraction of sp³-hybridized carbons (Fsp3) is 0.722. The first kappa shape index (κ1) is 18.9. The quantitative estimate of drug-likeness (QED) is 0.569. The number of nitrogens with one attached hydrogen (secondary N) is 1. The van der Waals surface area contributed by atoms with Crippen molar-refractivity contribution >= 4 is 23.4 Å². The highest BCUT2D eigenvalue weighted by molar-refractivity contribution is 5.78. The van der Waals surface area contributed by atoms with Gasteiger partial charge in [-0.1, -0.05) is 0 Å². The molecule has 10 nitrogen and oxygen atoms in total. The first-order chi connectivity index (χ1) is 13.6. The summed E-state index contributed by atoms with van der Waals surface area (Å²) in [6.07, 6.45) is 6.44. The maximum Gasteiger partial charge on any atom is 0.329 e. The third-order valence-electron chi connectivity index (χ3n) is 5.56. The third kappa shape index (κ3) is 4.49. The predicted molar refractivity (Wildman–Crippen MR) is 104 cm³/mol. The number of carbonyl (C=O) groups excluding carboxylic acids is 1. The number of nitrogens with zero attached hydrogens (tertiary/aromatic N) is 6. The van der Waals surface area contributed by atoms with Crippen LogP contribution in [0.2, 0.25) is 0 Å². The third-order valence-corrected chi connectivity index (χ3v) is 5.56. The van der Waals surface area contributed by atoms with Crippen molar-refractivity contribution in [2.24, 2.45) is 0 Å². The van der Waals surface area contributed by atoms with Gasteiger partial charge in [-0.05, 0) is 32.1 Å². The highest BCUT2D eigenvalue weighted by Gasteiger charge is 2.28. The lowest BCUT2D eigenvalue weighted by atomic mass is 10.3. The molecule has 0 unspecified atom stereocenters. The Bertz CT molecular complexity index is 734. The summed E-state index contributed by atoms with van der Waals surface area (Å²) in [5.41, 5.74) is -0.0803. The van der Waals surface area contributed by atoms with Crippen LogP contribution in [0.15, 0.2) is 6.20 Å². The Morgan fingerprint density at radius 3 is 2.64 bits per heavy atom. The zero-order valence-corrected chi connectivity index (χ0v) is 16.0. The van der Waals surface area contributed by atoms with Crippen molar-refractivity contribution in [3.63, 3.8) is 0 Å². The lowest BCUT2D eigenvalue weighted by Gasteiger charge is -2.24. The molecule has 28 heavy (non-hydrogen) atoms. The molecule has 0 radical (unpaired) electrons. The van der Waals surface area contributed by atoms with Gasteiger partial charge in [0.25, 0.3) is 0 Å². The van der Waals surface area contributed by atoms with E-state index in [4.69, 9.17) is 0 Å². The van der Waals surface area contributed by atoms with E-state index >= 15 is 0 Å². The summed E-state index contributed by atoms with van der Waals surface area (Å²) in [4.78, 5) is 38.1. The zero-order valence-electron chi connectivity index (χ0n) is 16.0. The van der Waals surface area contributed by atoms with Crippen LogP contribution in [-0.2, 0) is 4.79 Å². The number of likely N-dealkylation sites (tertiary alicyclic amines) is 1. The summed E-state index contributed by atoms with van der Waals surface area (Å²) < 4.78 is 0. The topological polar surface area (TPSA) is 108 Å². The van der Waals surface area contributed by atoms with Crippen molar-refractivity contribution in [3.05, 3.63) is 16.3 Å². The Morgan fingerprint density at radius 2 is 1.93 bits per heavy atom. The van der Waals surface area contributed by atoms with E-state index < -0.39 is 4.92 Å². The van der Waals surface area contributed by atoms with Crippen LogP contribution in [0.5, 0.6) is 0 Å². The van der Waals surface area contributed by atoms with Gasteiger partial charge >= 0.3 is 5.69 Å². The second-order valence-corrected chi connectivity index (χ2v) is 7.78. The van der Waals surface area contributed by atoms with Gasteiger partial charge in [-0.25, -0.2) is 4.98 Å². The van der Waals surface area contributed by atoms with Crippen LogP contribution in [0.3, 0.4) is 0 Å². The Kier molecular flexibility index (Phi) is 5.56. The van der Waals surface area contributed by atoms with Crippen molar-refractivity contribution < 1.29 is 9.72 Å². The molecule has 3 aliphatic rings. The van der Waals surface area contributed by atoms with E-state index in [1.54, 1.807) is 0 Å². The summed E-state index contributed by atoms with van der Waals surface area (Å²) in [6.45, 7) is 5.31. The molecule has 1 aliphatic carbocycles. The van der Waals surface area contributed by atoms with Gasteiger partial charge in [-0.3, -0.25) is 19.8 Å². The Balaban J connectivity index is 1.39. The predicted octanol–water partition coefficient (Wildman–Crippen LogP) is 1.09. The van der Waals surface area contributed by atoms with Gasteiger partial charge in [0.2, 0.25) is 17.7 Å². The molecular weight excluding hydrogens is 362 g/mol. The minimum absolute atomic E-state index is 0.0803. The Labute approximate surface area is 164 Å². The number of nitro groups is 1. The molecule has 1 aromatic heterocycles. The summed E-state index contributed by atoms with van der Waals surface area (Å²) in [5, 5.41) is 14.4. The lowest BCUT2D eigenvalue weighted by molar-refractivity contribution is -0.384. The zero-order chi connectivity index (χ0) is 19.5. The summed E-state index contributed by atoms with van der Waals surface area (Å²) in [6, 6.07) is 0.276. The SMILES string of the molecule is O=C(CN1CCCN(c2ncc([N+](=O)[O-])c(NC3CC3)n2)CC1)N1CCCC1. The molecule has 1 saturated carbocycles. The van der Waals surface area contributed by atoms with Crippen molar-refractivity contribution in [3.8, 4) is 0 Å².